The molecule has 5 nitrogen and oxygen atoms in total. The Balaban J connectivity index is 1.85. The standard InChI is InChI=1S/C13H13N3O2/c14-13-15-6-5-12(16-13)18-10-3-4-11-9(8-10)2-1-7-17-11/h3-6,8H,1-2,7H2,(H2,14,15,16). The number of aryl methyl sites for hydroxylation is 1. The van der Waals surface area contributed by atoms with Crippen LogP contribution in [0.15, 0.2) is 30.5 Å². The maximum atomic E-state index is 5.64. The average Bonchev–Trinajstić information content (AvgIpc) is 2.39. The molecule has 1 aromatic carbocycles. The molecule has 0 saturated carbocycles. The van der Waals surface area contributed by atoms with Crippen LogP contribution in [0, 0.1) is 0 Å². The zero-order valence-electron chi connectivity index (χ0n) is 9.80. The number of nitrogens with two attached hydrogens (primary N) is 1. The van der Waals surface area contributed by atoms with E-state index >= 15 is 0 Å². The van der Waals surface area contributed by atoms with E-state index in [1.165, 1.54) is 5.56 Å². The second kappa shape index (κ2) is 4.52. The molecule has 0 atom stereocenters. The van der Waals surface area contributed by atoms with E-state index in [4.69, 9.17) is 15.2 Å². The summed E-state index contributed by atoms with van der Waals surface area (Å²) < 4.78 is 11.2. The fourth-order valence-electron chi connectivity index (χ4n) is 1.93. The molecule has 2 N–H and O–H groups in total. The minimum atomic E-state index is 0.203. The Morgan fingerprint density at radius 3 is 3.11 bits per heavy atom. The number of nitrogens with zero attached hydrogens (tertiary/aromatic N) is 2. The van der Waals surface area contributed by atoms with Gasteiger partial charge in [0.1, 0.15) is 11.5 Å². The quantitative estimate of drug-likeness (QED) is 0.875. The number of hydrogen-bond donors (Lipinski definition) is 1. The lowest BCUT2D eigenvalue weighted by molar-refractivity contribution is 0.287. The molecule has 3 rings (SSSR count). The molecule has 92 valence electrons. The Kier molecular flexibility index (Phi) is 2.72. The lowest BCUT2D eigenvalue weighted by Gasteiger charge is -2.17. The van der Waals surface area contributed by atoms with Crippen molar-refractivity contribution in [1.82, 2.24) is 9.97 Å². The van der Waals surface area contributed by atoms with Crippen LogP contribution in [0.5, 0.6) is 17.4 Å². The number of aromatic nitrogens is 2. The lowest BCUT2D eigenvalue weighted by Crippen LogP contribution is -2.08. The van der Waals surface area contributed by atoms with E-state index in [1.54, 1.807) is 12.3 Å². The van der Waals surface area contributed by atoms with E-state index in [0.29, 0.717) is 5.88 Å². The number of benzene rings is 1. The lowest BCUT2D eigenvalue weighted by atomic mass is 10.1. The average molecular weight is 243 g/mol. The van der Waals surface area contributed by atoms with E-state index in [2.05, 4.69) is 9.97 Å². The first-order valence-electron chi connectivity index (χ1n) is 5.83. The van der Waals surface area contributed by atoms with Crippen LogP contribution < -0.4 is 15.2 Å². The maximum absolute atomic E-state index is 5.64. The maximum Gasteiger partial charge on any atom is 0.224 e. The molecule has 1 aliphatic rings. The van der Waals surface area contributed by atoms with E-state index in [9.17, 15) is 0 Å². The summed E-state index contributed by atoms with van der Waals surface area (Å²) in [6.07, 6.45) is 3.62. The summed E-state index contributed by atoms with van der Waals surface area (Å²) in [5.74, 6) is 2.32. The molecule has 0 aliphatic carbocycles. The Hall–Kier alpha value is -2.30. The van der Waals surface area contributed by atoms with Crippen LogP contribution in [-0.2, 0) is 6.42 Å². The molecule has 18 heavy (non-hydrogen) atoms. The van der Waals surface area contributed by atoms with Crippen molar-refractivity contribution in [2.75, 3.05) is 12.3 Å². The summed E-state index contributed by atoms with van der Waals surface area (Å²) >= 11 is 0. The molecular formula is C13H13N3O2. The first-order chi connectivity index (χ1) is 8.81. The first kappa shape index (κ1) is 10.8. The highest BCUT2D eigenvalue weighted by molar-refractivity contribution is 5.42. The molecule has 0 saturated heterocycles. The fourth-order valence-corrected chi connectivity index (χ4v) is 1.93. The number of ether oxygens (including phenoxy) is 2. The molecule has 2 aromatic rings. The van der Waals surface area contributed by atoms with Gasteiger partial charge in [0.05, 0.1) is 6.61 Å². The number of anilines is 1. The highest BCUT2D eigenvalue weighted by Crippen LogP contribution is 2.30. The Morgan fingerprint density at radius 2 is 2.22 bits per heavy atom. The van der Waals surface area contributed by atoms with Gasteiger partial charge in [0.2, 0.25) is 11.8 Å². The van der Waals surface area contributed by atoms with Gasteiger partial charge in [-0.2, -0.15) is 4.98 Å². The van der Waals surface area contributed by atoms with Crippen molar-refractivity contribution in [3.05, 3.63) is 36.0 Å². The van der Waals surface area contributed by atoms with Crippen molar-refractivity contribution in [2.45, 2.75) is 12.8 Å². The predicted molar refractivity (Wildman–Crippen MR) is 66.8 cm³/mol. The second-order valence-electron chi connectivity index (χ2n) is 4.08. The summed E-state index contributed by atoms with van der Waals surface area (Å²) in [6, 6.07) is 7.44. The molecule has 2 heterocycles. The molecule has 0 unspecified atom stereocenters. The van der Waals surface area contributed by atoms with Crippen molar-refractivity contribution in [3.8, 4) is 17.4 Å². The molecule has 0 spiro atoms. The fraction of sp³-hybridized carbons (Fsp3) is 0.231. The third-order valence-corrected chi connectivity index (χ3v) is 2.75. The van der Waals surface area contributed by atoms with Crippen molar-refractivity contribution in [3.63, 3.8) is 0 Å². The summed E-state index contributed by atoms with van der Waals surface area (Å²) in [5, 5.41) is 0. The van der Waals surface area contributed by atoms with Crippen LogP contribution in [-0.4, -0.2) is 16.6 Å². The zero-order valence-corrected chi connectivity index (χ0v) is 9.80. The van der Waals surface area contributed by atoms with Crippen molar-refractivity contribution in [2.24, 2.45) is 0 Å². The van der Waals surface area contributed by atoms with E-state index in [0.717, 1.165) is 30.9 Å². The van der Waals surface area contributed by atoms with E-state index in [-0.39, 0.29) is 5.95 Å². The second-order valence-corrected chi connectivity index (χ2v) is 4.08. The highest BCUT2D eigenvalue weighted by Gasteiger charge is 2.11. The van der Waals surface area contributed by atoms with Crippen molar-refractivity contribution < 1.29 is 9.47 Å². The van der Waals surface area contributed by atoms with Gasteiger partial charge in [0.15, 0.2) is 0 Å². The SMILES string of the molecule is Nc1nccc(Oc2ccc3c(c2)CCCO3)n1. The largest absolute Gasteiger partial charge is 0.493 e. The van der Waals surface area contributed by atoms with Gasteiger partial charge in [-0.25, -0.2) is 4.98 Å². The van der Waals surface area contributed by atoms with E-state index < -0.39 is 0 Å². The normalized spacial score (nSPS) is 13.6. The van der Waals surface area contributed by atoms with Crippen molar-refractivity contribution >= 4 is 5.95 Å². The summed E-state index contributed by atoms with van der Waals surface area (Å²) in [4.78, 5) is 7.81. The van der Waals surface area contributed by atoms with Gasteiger partial charge in [-0.1, -0.05) is 0 Å². The predicted octanol–water partition coefficient (Wildman–Crippen LogP) is 2.18. The third-order valence-electron chi connectivity index (χ3n) is 2.75. The van der Waals surface area contributed by atoms with Crippen LogP contribution in [0.25, 0.3) is 0 Å². The zero-order chi connectivity index (χ0) is 12.4. The van der Waals surface area contributed by atoms with Gasteiger partial charge in [-0.3, -0.25) is 0 Å². The number of rotatable bonds is 2. The Bertz CT molecular complexity index is 572. The summed E-state index contributed by atoms with van der Waals surface area (Å²) in [7, 11) is 0. The van der Waals surface area contributed by atoms with Gasteiger partial charge in [0.25, 0.3) is 0 Å². The third kappa shape index (κ3) is 2.20. The molecule has 1 aromatic heterocycles. The first-order valence-corrected chi connectivity index (χ1v) is 5.83. The minimum absolute atomic E-state index is 0.203. The molecule has 5 heteroatoms. The molecule has 1 aliphatic heterocycles. The van der Waals surface area contributed by atoms with Crippen molar-refractivity contribution in [1.29, 1.82) is 0 Å². The molecular weight excluding hydrogens is 230 g/mol. The molecule has 0 amide bonds. The Morgan fingerprint density at radius 1 is 1.28 bits per heavy atom. The number of nitrogen functional groups attached to an aromatic ring is 1. The monoisotopic (exact) mass is 243 g/mol. The van der Waals surface area contributed by atoms with Gasteiger partial charge in [0, 0.05) is 12.3 Å². The van der Waals surface area contributed by atoms with Crippen LogP contribution in [0.2, 0.25) is 0 Å². The van der Waals surface area contributed by atoms with E-state index in [1.807, 2.05) is 18.2 Å². The van der Waals surface area contributed by atoms with Crippen LogP contribution >= 0.6 is 0 Å². The van der Waals surface area contributed by atoms with Gasteiger partial charge in [-0.05, 0) is 36.6 Å². The highest BCUT2D eigenvalue weighted by atomic mass is 16.5. The van der Waals surface area contributed by atoms with Crippen LogP contribution in [0.1, 0.15) is 12.0 Å². The van der Waals surface area contributed by atoms with Crippen LogP contribution in [0.3, 0.4) is 0 Å². The number of hydrogen-bond acceptors (Lipinski definition) is 5. The van der Waals surface area contributed by atoms with Gasteiger partial charge >= 0.3 is 0 Å². The summed E-state index contributed by atoms with van der Waals surface area (Å²) in [5.41, 5.74) is 6.67. The van der Waals surface area contributed by atoms with Gasteiger partial charge in [-0.15, -0.1) is 0 Å². The molecule has 0 radical (unpaired) electrons. The van der Waals surface area contributed by atoms with Crippen LogP contribution in [0.4, 0.5) is 5.95 Å². The smallest absolute Gasteiger partial charge is 0.224 e. The summed E-state index contributed by atoms with van der Waals surface area (Å²) in [6.45, 7) is 0.787. The number of fused-ring (bicyclic) bond motifs is 1. The van der Waals surface area contributed by atoms with Gasteiger partial charge < -0.3 is 15.2 Å². The Labute approximate surface area is 105 Å². The minimum Gasteiger partial charge on any atom is -0.493 e. The molecule has 0 bridgehead atoms. The molecule has 0 fully saturated rings. The topological polar surface area (TPSA) is 70.3 Å².